The molecule has 1 aromatic carbocycles. The van der Waals surface area contributed by atoms with Gasteiger partial charge in [-0.15, -0.1) is 0 Å². The van der Waals surface area contributed by atoms with Gasteiger partial charge in [0.2, 0.25) is 15.9 Å². The van der Waals surface area contributed by atoms with Crippen molar-refractivity contribution < 1.29 is 17.7 Å². The number of aromatic nitrogens is 2. The maximum absolute atomic E-state index is 12.8. The fourth-order valence-corrected chi connectivity index (χ4v) is 4.11. The molecule has 1 fully saturated rings. The molecular weight excluding hydrogens is 356 g/mol. The predicted octanol–water partition coefficient (Wildman–Crippen LogP) is 1.82. The third kappa shape index (κ3) is 3.94. The maximum Gasteiger partial charge on any atom is 0.253 e. The van der Waals surface area contributed by atoms with Gasteiger partial charge in [-0.1, -0.05) is 11.2 Å². The highest BCUT2D eigenvalue weighted by molar-refractivity contribution is 7.89. The van der Waals surface area contributed by atoms with Crippen LogP contribution in [0.2, 0.25) is 0 Å². The van der Waals surface area contributed by atoms with Crippen molar-refractivity contribution in [3.05, 3.63) is 41.5 Å². The Morgan fingerprint density at radius 3 is 2.65 bits per heavy atom. The van der Waals surface area contributed by atoms with Crippen LogP contribution in [-0.4, -0.2) is 53.8 Å². The zero-order chi connectivity index (χ0) is 18.7. The number of amides is 1. The summed E-state index contributed by atoms with van der Waals surface area (Å²) >= 11 is 0. The number of carbonyl (C=O) groups is 1. The molecule has 8 nitrogen and oxygen atoms in total. The summed E-state index contributed by atoms with van der Waals surface area (Å²) in [5, 5.41) is 3.72. The van der Waals surface area contributed by atoms with Crippen LogP contribution in [0.5, 0.6) is 0 Å². The molecule has 0 radical (unpaired) electrons. The lowest BCUT2D eigenvalue weighted by Gasteiger charge is -2.27. The van der Waals surface area contributed by atoms with Gasteiger partial charge < -0.3 is 9.42 Å². The van der Waals surface area contributed by atoms with E-state index in [1.165, 1.54) is 19.2 Å². The summed E-state index contributed by atoms with van der Waals surface area (Å²) in [4.78, 5) is 18.5. The van der Waals surface area contributed by atoms with E-state index in [0.717, 1.165) is 23.6 Å². The van der Waals surface area contributed by atoms with Gasteiger partial charge in [-0.05, 0) is 37.5 Å². The van der Waals surface area contributed by atoms with E-state index >= 15 is 0 Å². The van der Waals surface area contributed by atoms with Gasteiger partial charge in [0.05, 0.1) is 11.4 Å². The van der Waals surface area contributed by atoms with Gasteiger partial charge in [0.1, 0.15) is 0 Å². The first-order chi connectivity index (χ1) is 12.4. The van der Waals surface area contributed by atoms with E-state index in [1.54, 1.807) is 24.0 Å². The second-order valence-electron chi connectivity index (χ2n) is 6.37. The molecule has 0 unspecified atom stereocenters. The molecule has 1 saturated heterocycles. The normalized spacial score (nSPS) is 15.4. The summed E-state index contributed by atoms with van der Waals surface area (Å²) in [6.07, 6.45) is 3.09. The van der Waals surface area contributed by atoms with Crippen LogP contribution >= 0.6 is 0 Å². The molecule has 26 heavy (non-hydrogen) atoms. The molecule has 0 aliphatic carbocycles. The quantitative estimate of drug-likeness (QED) is 0.787. The number of nitrogens with zero attached hydrogens (tertiary/aromatic N) is 4. The molecule has 2 aromatic rings. The van der Waals surface area contributed by atoms with Crippen LogP contribution in [0.25, 0.3) is 0 Å². The van der Waals surface area contributed by atoms with Crippen LogP contribution in [0, 0.1) is 6.92 Å². The Morgan fingerprint density at radius 1 is 1.27 bits per heavy atom. The number of hydrogen-bond donors (Lipinski definition) is 0. The highest BCUT2D eigenvalue weighted by atomic mass is 32.2. The lowest BCUT2D eigenvalue weighted by molar-refractivity contribution is 0.0724. The first kappa shape index (κ1) is 18.5. The van der Waals surface area contributed by atoms with Crippen LogP contribution in [0.3, 0.4) is 0 Å². The maximum atomic E-state index is 12.8. The number of hydrogen-bond acceptors (Lipinski definition) is 6. The van der Waals surface area contributed by atoms with Gasteiger partial charge >= 0.3 is 0 Å². The van der Waals surface area contributed by atoms with Crippen molar-refractivity contribution in [2.75, 3.05) is 20.1 Å². The summed E-state index contributed by atoms with van der Waals surface area (Å²) < 4.78 is 31.6. The summed E-state index contributed by atoms with van der Waals surface area (Å²) in [6.45, 7) is 3.06. The minimum Gasteiger partial charge on any atom is -0.340 e. The lowest BCUT2D eigenvalue weighted by Crippen LogP contribution is -2.35. The average Bonchev–Trinajstić information content (AvgIpc) is 3.06. The van der Waals surface area contributed by atoms with Gasteiger partial charge in [-0.3, -0.25) is 4.79 Å². The van der Waals surface area contributed by atoms with E-state index in [1.807, 2.05) is 0 Å². The number of likely N-dealkylation sites (tertiary alicyclic amines) is 1. The van der Waals surface area contributed by atoms with Crippen LogP contribution < -0.4 is 0 Å². The van der Waals surface area contributed by atoms with Crippen molar-refractivity contribution in [2.24, 2.45) is 0 Å². The smallest absolute Gasteiger partial charge is 0.253 e. The number of rotatable bonds is 5. The highest BCUT2D eigenvalue weighted by Gasteiger charge is 2.25. The van der Waals surface area contributed by atoms with Crippen LogP contribution in [-0.2, 0) is 16.6 Å². The Balaban J connectivity index is 1.80. The van der Waals surface area contributed by atoms with Gasteiger partial charge in [0, 0.05) is 32.6 Å². The number of aryl methyl sites for hydroxylation is 1. The van der Waals surface area contributed by atoms with Gasteiger partial charge in [0.15, 0.2) is 5.82 Å². The Labute approximate surface area is 152 Å². The van der Waals surface area contributed by atoms with E-state index in [2.05, 4.69) is 10.1 Å². The summed E-state index contributed by atoms with van der Waals surface area (Å²) in [5.41, 5.74) is 0.386. The topological polar surface area (TPSA) is 96.6 Å². The zero-order valence-electron chi connectivity index (χ0n) is 14.9. The highest BCUT2D eigenvalue weighted by Crippen LogP contribution is 2.20. The first-order valence-electron chi connectivity index (χ1n) is 8.53. The van der Waals surface area contributed by atoms with Crippen molar-refractivity contribution in [3.63, 3.8) is 0 Å². The van der Waals surface area contributed by atoms with Crippen LogP contribution in [0.15, 0.2) is 33.7 Å². The number of piperidine rings is 1. The van der Waals surface area contributed by atoms with Crippen LogP contribution in [0.4, 0.5) is 0 Å². The van der Waals surface area contributed by atoms with Crippen molar-refractivity contribution in [3.8, 4) is 0 Å². The largest absolute Gasteiger partial charge is 0.340 e. The number of carbonyl (C=O) groups excluding carboxylic acids is 1. The first-order valence-corrected chi connectivity index (χ1v) is 9.97. The molecule has 1 amide bonds. The third-order valence-electron chi connectivity index (χ3n) is 4.37. The second kappa shape index (κ2) is 7.55. The molecule has 0 spiro atoms. The molecule has 140 valence electrons. The fraction of sp³-hybridized carbons (Fsp3) is 0.471. The Kier molecular flexibility index (Phi) is 5.38. The molecule has 1 aromatic heterocycles. The van der Waals surface area contributed by atoms with E-state index < -0.39 is 10.0 Å². The van der Waals surface area contributed by atoms with Crippen molar-refractivity contribution in [1.29, 1.82) is 0 Å². The monoisotopic (exact) mass is 378 g/mol. The molecule has 1 aliphatic rings. The molecule has 3 rings (SSSR count). The number of sulfonamides is 1. The molecule has 0 bridgehead atoms. The molecular formula is C17H22N4O4S. The van der Waals surface area contributed by atoms with E-state index in [0.29, 0.717) is 24.5 Å². The zero-order valence-corrected chi connectivity index (χ0v) is 15.7. The Morgan fingerprint density at radius 2 is 2.00 bits per heavy atom. The molecule has 0 N–H and O–H groups in total. The lowest BCUT2D eigenvalue weighted by atomic mass is 10.1. The summed E-state index contributed by atoms with van der Waals surface area (Å²) in [5.74, 6) is 0.534. The van der Waals surface area contributed by atoms with Crippen molar-refractivity contribution in [1.82, 2.24) is 19.3 Å². The van der Waals surface area contributed by atoms with Crippen molar-refractivity contribution in [2.45, 2.75) is 37.6 Å². The molecule has 0 atom stereocenters. The molecule has 0 saturated carbocycles. The molecule has 2 heterocycles. The SMILES string of the molecule is Cc1nc(CN(C)S(=O)(=O)c2cccc(C(=O)N3CCCCC3)c2)no1. The van der Waals surface area contributed by atoms with E-state index in [-0.39, 0.29) is 23.2 Å². The van der Waals surface area contributed by atoms with Crippen LogP contribution in [0.1, 0.15) is 41.3 Å². The standard InChI is InChI=1S/C17H22N4O4S/c1-13-18-16(19-25-13)12-20(2)26(23,24)15-8-6-7-14(11-15)17(22)21-9-4-3-5-10-21/h6-8,11H,3-5,9-10,12H2,1-2H3. The minimum absolute atomic E-state index is 0.00995. The van der Waals surface area contributed by atoms with Crippen molar-refractivity contribution >= 4 is 15.9 Å². The van der Waals surface area contributed by atoms with E-state index in [9.17, 15) is 13.2 Å². The minimum atomic E-state index is -3.77. The van der Waals surface area contributed by atoms with Gasteiger partial charge in [-0.2, -0.15) is 9.29 Å². The Hall–Kier alpha value is -2.26. The summed E-state index contributed by atoms with van der Waals surface area (Å²) in [6, 6.07) is 6.17. The van der Waals surface area contributed by atoms with Gasteiger partial charge in [-0.25, -0.2) is 8.42 Å². The molecule has 1 aliphatic heterocycles. The molecule has 9 heteroatoms. The number of benzene rings is 1. The van der Waals surface area contributed by atoms with E-state index in [4.69, 9.17) is 4.52 Å². The second-order valence-corrected chi connectivity index (χ2v) is 8.42. The average molecular weight is 378 g/mol. The third-order valence-corrected chi connectivity index (χ3v) is 6.17. The summed E-state index contributed by atoms with van der Waals surface area (Å²) in [7, 11) is -2.33. The Bertz CT molecular complexity index is 888. The fourth-order valence-electron chi connectivity index (χ4n) is 2.94. The van der Waals surface area contributed by atoms with Gasteiger partial charge in [0.25, 0.3) is 5.91 Å². The predicted molar refractivity (Wildman–Crippen MR) is 93.9 cm³/mol.